The molecule has 4 aromatic rings. The lowest BCUT2D eigenvalue weighted by Crippen LogP contribution is -2.16. The van der Waals surface area contributed by atoms with E-state index in [9.17, 15) is 9.59 Å². The Hall–Kier alpha value is -4.04. The molecule has 4 rings (SSSR count). The molecule has 1 amide bonds. The standard InChI is InChI=1S/C26H23NO6S/c1-30-17-11-9-15(10-12-17)22-23(28)18-7-5-6-8-21(18)34-26(22)27-25(29)16-13-19(31-2)24(33-4)20(14-16)32-3/h5-14H,1-4H3,(H,27,29). The highest BCUT2D eigenvalue weighted by molar-refractivity contribution is 7.22. The summed E-state index contributed by atoms with van der Waals surface area (Å²) in [5.74, 6) is 1.35. The minimum absolute atomic E-state index is 0.167. The normalized spacial score (nSPS) is 10.6. The third kappa shape index (κ3) is 4.27. The second-order valence-electron chi connectivity index (χ2n) is 7.23. The molecule has 0 aliphatic heterocycles. The van der Waals surface area contributed by atoms with E-state index in [1.165, 1.54) is 32.7 Å². The Kier molecular flexibility index (Phi) is 6.70. The molecule has 0 radical (unpaired) electrons. The van der Waals surface area contributed by atoms with Crippen LogP contribution in [-0.2, 0) is 0 Å². The van der Waals surface area contributed by atoms with E-state index < -0.39 is 5.91 Å². The van der Waals surface area contributed by atoms with Crippen LogP contribution in [0.3, 0.4) is 0 Å². The molecule has 1 N–H and O–H groups in total. The maximum absolute atomic E-state index is 13.5. The average Bonchev–Trinajstić information content (AvgIpc) is 2.88. The molecule has 0 fully saturated rings. The zero-order valence-corrected chi connectivity index (χ0v) is 19.9. The molecule has 7 nitrogen and oxygen atoms in total. The van der Waals surface area contributed by atoms with Crippen LogP contribution in [0.25, 0.3) is 21.2 Å². The maximum Gasteiger partial charge on any atom is 0.256 e. The van der Waals surface area contributed by atoms with Crippen LogP contribution in [0.5, 0.6) is 23.0 Å². The molecular formula is C26H23NO6S. The van der Waals surface area contributed by atoms with Gasteiger partial charge in [-0.15, -0.1) is 11.3 Å². The van der Waals surface area contributed by atoms with Crippen LogP contribution < -0.4 is 29.7 Å². The smallest absolute Gasteiger partial charge is 0.256 e. The molecule has 0 aliphatic rings. The van der Waals surface area contributed by atoms with Crippen LogP contribution in [0.4, 0.5) is 5.00 Å². The number of carbonyl (C=O) groups excluding carboxylic acids is 1. The first-order valence-corrected chi connectivity index (χ1v) is 11.1. The molecule has 34 heavy (non-hydrogen) atoms. The fourth-order valence-corrected chi connectivity index (χ4v) is 4.73. The van der Waals surface area contributed by atoms with Crippen molar-refractivity contribution in [2.24, 2.45) is 0 Å². The van der Waals surface area contributed by atoms with Crippen LogP contribution >= 0.6 is 11.3 Å². The van der Waals surface area contributed by atoms with E-state index >= 15 is 0 Å². The molecule has 0 saturated heterocycles. The summed E-state index contributed by atoms with van der Waals surface area (Å²) in [4.78, 5) is 26.8. The number of hydrogen-bond acceptors (Lipinski definition) is 7. The van der Waals surface area contributed by atoms with Crippen molar-refractivity contribution in [3.05, 3.63) is 76.5 Å². The molecule has 8 heteroatoms. The Morgan fingerprint density at radius 3 is 2.06 bits per heavy atom. The molecule has 0 bridgehead atoms. The van der Waals surface area contributed by atoms with Crippen molar-refractivity contribution < 1.29 is 23.7 Å². The minimum Gasteiger partial charge on any atom is -0.497 e. The molecule has 0 spiro atoms. The largest absolute Gasteiger partial charge is 0.497 e. The number of rotatable bonds is 7. The first kappa shape index (κ1) is 23.1. The van der Waals surface area contributed by atoms with Gasteiger partial charge >= 0.3 is 0 Å². The minimum atomic E-state index is -0.417. The SMILES string of the molecule is COc1ccc(-c2c(NC(=O)c3cc(OC)c(OC)c(OC)c3)sc3ccccc3c2=O)cc1. The van der Waals surface area contributed by atoms with Gasteiger partial charge in [0, 0.05) is 15.6 Å². The summed E-state index contributed by atoms with van der Waals surface area (Å²) in [6.07, 6.45) is 0. The first-order valence-electron chi connectivity index (χ1n) is 10.3. The monoisotopic (exact) mass is 477 g/mol. The van der Waals surface area contributed by atoms with Gasteiger partial charge < -0.3 is 24.3 Å². The van der Waals surface area contributed by atoms with Gasteiger partial charge in [-0.25, -0.2) is 0 Å². The Labute approximate surface area is 200 Å². The number of hydrogen-bond donors (Lipinski definition) is 1. The summed E-state index contributed by atoms with van der Waals surface area (Å²) < 4.78 is 22.1. The second kappa shape index (κ2) is 9.84. The van der Waals surface area contributed by atoms with Crippen LogP contribution in [0.2, 0.25) is 0 Å². The highest BCUT2D eigenvalue weighted by Crippen LogP contribution is 2.39. The Morgan fingerprint density at radius 2 is 1.47 bits per heavy atom. The summed E-state index contributed by atoms with van der Waals surface area (Å²) >= 11 is 1.33. The van der Waals surface area contributed by atoms with Crippen LogP contribution in [0, 0.1) is 0 Å². The van der Waals surface area contributed by atoms with Crippen LogP contribution in [-0.4, -0.2) is 34.3 Å². The molecule has 1 aromatic heterocycles. The van der Waals surface area contributed by atoms with Crippen LogP contribution in [0.1, 0.15) is 10.4 Å². The van der Waals surface area contributed by atoms with Gasteiger partial charge in [-0.1, -0.05) is 24.3 Å². The van der Waals surface area contributed by atoms with E-state index in [2.05, 4.69) is 5.32 Å². The fraction of sp³-hybridized carbons (Fsp3) is 0.154. The Balaban J connectivity index is 1.84. The van der Waals surface area contributed by atoms with E-state index in [1.807, 2.05) is 18.2 Å². The quantitative estimate of drug-likeness (QED) is 0.393. The molecule has 174 valence electrons. The molecular weight excluding hydrogens is 454 g/mol. The number of benzene rings is 3. The third-order valence-electron chi connectivity index (χ3n) is 5.33. The number of anilines is 1. The van der Waals surface area contributed by atoms with E-state index in [1.54, 1.807) is 49.6 Å². The van der Waals surface area contributed by atoms with Crippen molar-refractivity contribution >= 4 is 32.3 Å². The highest BCUT2D eigenvalue weighted by atomic mass is 32.1. The molecule has 0 unspecified atom stereocenters. The van der Waals surface area contributed by atoms with Gasteiger partial charge in [0.25, 0.3) is 5.91 Å². The lowest BCUT2D eigenvalue weighted by Gasteiger charge is -2.15. The van der Waals surface area contributed by atoms with Crippen molar-refractivity contribution in [2.45, 2.75) is 0 Å². The molecule has 0 saturated carbocycles. The van der Waals surface area contributed by atoms with Gasteiger partial charge in [-0.2, -0.15) is 0 Å². The zero-order chi connectivity index (χ0) is 24.2. The van der Waals surface area contributed by atoms with Gasteiger partial charge in [-0.3, -0.25) is 9.59 Å². The van der Waals surface area contributed by atoms with Crippen LogP contribution in [0.15, 0.2) is 65.5 Å². The molecule has 1 heterocycles. The van der Waals surface area contributed by atoms with E-state index in [-0.39, 0.29) is 5.43 Å². The number of nitrogens with one attached hydrogen (secondary N) is 1. The van der Waals surface area contributed by atoms with E-state index in [4.69, 9.17) is 18.9 Å². The highest BCUT2D eigenvalue weighted by Gasteiger charge is 2.20. The van der Waals surface area contributed by atoms with E-state index in [0.29, 0.717) is 50.1 Å². The van der Waals surface area contributed by atoms with E-state index in [0.717, 1.165) is 4.70 Å². The summed E-state index contributed by atoms with van der Waals surface area (Å²) in [6, 6.07) is 17.6. The fourth-order valence-electron chi connectivity index (χ4n) is 3.64. The number of methoxy groups -OCH3 is 4. The Morgan fingerprint density at radius 1 is 0.824 bits per heavy atom. The third-order valence-corrected chi connectivity index (χ3v) is 6.42. The molecule has 0 atom stereocenters. The summed E-state index contributed by atoms with van der Waals surface area (Å²) in [5.41, 5.74) is 1.21. The van der Waals surface area contributed by atoms with Crippen molar-refractivity contribution in [1.29, 1.82) is 0 Å². The summed E-state index contributed by atoms with van der Waals surface area (Å²) in [6.45, 7) is 0. The number of ether oxygens (including phenoxy) is 4. The van der Waals surface area contributed by atoms with Crippen molar-refractivity contribution in [1.82, 2.24) is 0 Å². The Bertz CT molecular complexity index is 1390. The predicted molar refractivity (Wildman–Crippen MR) is 134 cm³/mol. The van der Waals surface area contributed by atoms with Gasteiger partial charge in [0.1, 0.15) is 10.8 Å². The molecule has 3 aromatic carbocycles. The second-order valence-corrected chi connectivity index (χ2v) is 8.28. The van der Waals surface area contributed by atoms with Gasteiger partial charge in [0.05, 0.1) is 34.0 Å². The van der Waals surface area contributed by atoms with Gasteiger partial charge in [0.15, 0.2) is 16.9 Å². The first-order chi connectivity index (χ1) is 16.5. The number of carbonyl (C=O) groups is 1. The lowest BCUT2D eigenvalue weighted by molar-refractivity contribution is 0.102. The lowest BCUT2D eigenvalue weighted by atomic mass is 10.1. The van der Waals surface area contributed by atoms with Gasteiger partial charge in [0.2, 0.25) is 5.75 Å². The molecule has 0 aliphatic carbocycles. The predicted octanol–water partition coefficient (Wildman–Crippen LogP) is 5.22. The topological polar surface area (TPSA) is 83.1 Å². The zero-order valence-electron chi connectivity index (χ0n) is 19.1. The summed E-state index contributed by atoms with van der Waals surface area (Å²) in [5, 5.41) is 3.95. The summed E-state index contributed by atoms with van der Waals surface area (Å²) in [7, 11) is 6.04. The maximum atomic E-state index is 13.5. The number of amides is 1. The van der Waals surface area contributed by atoms with Crippen molar-refractivity contribution in [3.63, 3.8) is 0 Å². The van der Waals surface area contributed by atoms with Crippen molar-refractivity contribution in [3.8, 4) is 34.1 Å². The van der Waals surface area contributed by atoms with Crippen molar-refractivity contribution in [2.75, 3.05) is 33.8 Å². The number of fused-ring (bicyclic) bond motifs is 1. The van der Waals surface area contributed by atoms with Gasteiger partial charge in [-0.05, 0) is 42.0 Å². The average molecular weight is 478 g/mol.